The summed E-state index contributed by atoms with van der Waals surface area (Å²) in [7, 11) is 0. The number of hydrogen-bond donors (Lipinski definition) is 1. The quantitative estimate of drug-likeness (QED) is 0.647. The molecule has 0 aromatic heterocycles. The van der Waals surface area contributed by atoms with Crippen LogP contribution >= 0.6 is 0 Å². The van der Waals surface area contributed by atoms with E-state index in [1.807, 2.05) is 32.0 Å². The second-order valence-electron chi connectivity index (χ2n) is 9.45. The van der Waals surface area contributed by atoms with E-state index in [9.17, 15) is 14.7 Å². The summed E-state index contributed by atoms with van der Waals surface area (Å²) in [5.74, 6) is -1.28. The molecule has 0 bridgehead atoms. The van der Waals surface area contributed by atoms with Gasteiger partial charge in [0.25, 0.3) is 5.91 Å². The van der Waals surface area contributed by atoms with Crippen LogP contribution in [-0.2, 0) is 9.59 Å². The molecule has 0 radical (unpaired) electrons. The first-order valence-corrected chi connectivity index (χ1v) is 11.8. The minimum atomic E-state index is -2.12. The molecule has 1 saturated carbocycles. The summed E-state index contributed by atoms with van der Waals surface area (Å²) in [6, 6.07) is 8.09. The standard InChI is InChI=1S/C24H34FN3O4/c1-17(2)32-21-7-4-3-6-20(21)27-14-12-26(13-15-27)10-5-11-28-22(30)19-16-18(29)8-9-24(19,25)23(28)31/h3-4,6-7,17-19,29H,5,8-16H2,1-2H3/t18?,19?,24-/m0/s1. The number of nitrogens with zero attached hydrogens (tertiary/aromatic N) is 3. The topological polar surface area (TPSA) is 73.3 Å². The lowest BCUT2D eigenvalue weighted by Crippen LogP contribution is -2.47. The molecule has 1 aromatic rings. The Hall–Kier alpha value is -2.19. The van der Waals surface area contributed by atoms with Gasteiger partial charge < -0.3 is 14.7 Å². The van der Waals surface area contributed by atoms with Gasteiger partial charge in [-0.1, -0.05) is 12.1 Å². The molecule has 176 valence electrons. The third kappa shape index (κ3) is 4.48. The maximum atomic E-state index is 15.2. The number of aliphatic hydroxyl groups excluding tert-OH is 1. The number of halogens is 1. The normalized spacial score (nSPS) is 29.0. The molecule has 1 aliphatic carbocycles. The third-order valence-electron chi connectivity index (χ3n) is 6.86. The Morgan fingerprint density at radius 1 is 1.16 bits per heavy atom. The van der Waals surface area contributed by atoms with Crippen molar-refractivity contribution in [3.8, 4) is 5.75 Å². The van der Waals surface area contributed by atoms with E-state index in [4.69, 9.17) is 4.74 Å². The number of anilines is 1. The highest BCUT2D eigenvalue weighted by Crippen LogP contribution is 2.44. The number of imide groups is 1. The zero-order chi connectivity index (χ0) is 22.9. The number of piperazine rings is 1. The van der Waals surface area contributed by atoms with Crippen molar-refractivity contribution in [1.29, 1.82) is 0 Å². The number of carbonyl (C=O) groups excluding carboxylic acids is 2. The molecule has 1 aromatic carbocycles. The Bertz CT molecular complexity index is 842. The first-order chi connectivity index (χ1) is 15.3. The van der Waals surface area contributed by atoms with Crippen LogP contribution in [0, 0.1) is 5.92 Å². The Balaban J connectivity index is 1.27. The number of rotatable bonds is 7. The Morgan fingerprint density at radius 3 is 2.59 bits per heavy atom. The van der Waals surface area contributed by atoms with E-state index in [0.29, 0.717) is 6.42 Å². The molecule has 1 N–H and O–H groups in total. The molecule has 2 unspecified atom stereocenters. The first kappa shape index (κ1) is 23.0. The van der Waals surface area contributed by atoms with E-state index in [2.05, 4.69) is 15.9 Å². The van der Waals surface area contributed by atoms with Crippen LogP contribution in [0.25, 0.3) is 0 Å². The minimum absolute atomic E-state index is 0.0432. The predicted molar refractivity (Wildman–Crippen MR) is 119 cm³/mol. The molecule has 3 fully saturated rings. The number of para-hydroxylation sites is 2. The molecule has 3 atom stereocenters. The Labute approximate surface area is 189 Å². The van der Waals surface area contributed by atoms with Crippen molar-refractivity contribution >= 4 is 17.5 Å². The fourth-order valence-electron chi connectivity index (χ4n) is 5.14. The molecule has 7 nitrogen and oxygen atoms in total. The van der Waals surface area contributed by atoms with Crippen molar-refractivity contribution in [2.24, 2.45) is 5.92 Å². The van der Waals surface area contributed by atoms with E-state index < -0.39 is 29.5 Å². The van der Waals surface area contributed by atoms with Crippen molar-refractivity contribution in [2.75, 3.05) is 44.2 Å². The number of likely N-dealkylation sites (tertiary alicyclic amines) is 1. The number of aliphatic hydroxyl groups is 1. The highest BCUT2D eigenvalue weighted by Gasteiger charge is 2.61. The summed E-state index contributed by atoms with van der Waals surface area (Å²) in [4.78, 5) is 30.9. The lowest BCUT2D eigenvalue weighted by Gasteiger charge is -2.37. The maximum Gasteiger partial charge on any atom is 0.267 e. The largest absolute Gasteiger partial charge is 0.489 e. The molecule has 8 heteroatoms. The summed E-state index contributed by atoms with van der Waals surface area (Å²) in [5, 5.41) is 9.80. The van der Waals surface area contributed by atoms with Crippen LogP contribution in [0.4, 0.5) is 10.1 Å². The summed E-state index contributed by atoms with van der Waals surface area (Å²) in [5.41, 5.74) is -1.01. The van der Waals surface area contributed by atoms with Crippen LogP contribution in [0.2, 0.25) is 0 Å². The summed E-state index contributed by atoms with van der Waals surface area (Å²) in [6.07, 6.45) is 0.244. The van der Waals surface area contributed by atoms with Crippen molar-refractivity contribution in [3.63, 3.8) is 0 Å². The number of ether oxygens (including phenoxy) is 1. The van der Waals surface area contributed by atoms with Crippen LogP contribution in [0.1, 0.15) is 39.5 Å². The van der Waals surface area contributed by atoms with E-state index in [1.165, 1.54) is 0 Å². The van der Waals surface area contributed by atoms with Crippen LogP contribution in [0.5, 0.6) is 5.75 Å². The molecule has 0 spiro atoms. The monoisotopic (exact) mass is 447 g/mol. The van der Waals surface area contributed by atoms with Gasteiger partial charge in [0.2, 0.25) is 11.6 Å². The highest BCUT2D eigenvalue weighted by molar-refractivity contribution is 6.09. The average molecular weight is 448 g/mol. The van der Waals surface area contributed by atoms with Crippen molar-refractivity contribution in [3.05, 3.63) is 24.3 Å². The number of hydrogen-bond acceptors (Lipinski definition) is 6. The van der Waals surface area contributed by atoms with E-state index in [0.717, 1.165) is 49.1 Å². The SMILES string of the molecule is CC(C)Oc1ccccc1N1CCN(CCCN2C(=O)C3CC(O)CC[C@@]3(F)C2=O)CC1. The molecule has 2 amide bonds. The Morgan fingerprint density at radius 2 is 1.88 bits per heavy atom. The van der Waals surface area contributed by atoms with Crippen LogP contribution in [0.3, 0.4) is 0 Å². The second-order valence-corrected chi connectivity index (χ2v) is 9.45. The second kappa shape index (κ2) is 9.35. The number of carbonyl (C=O) groups is 2. The average Bonchev–Trinajstić information content (AvgIpc) is 2.95. The van der Waals surface area contributed by atoms with Gasteiger partial charge in [-0.2, -0.15) is 0 Å². The van der Waals surface area contributed by atoms with Gasteiger partial charge in [0.1, 0.15) is 5.75 Å². The van der Waals surface area contributed by atoms with Crippen LogP contribution in [-0.4, -0.2) is 83.9 Å². The fraction of sp³-hybridized carbons (Fsp3) is 0.667. The zero-order valence-electron chi connectivity index (χ0n) is 19.0. The van der Waals surface area contributed by atoms with E-state index >= 15 is 4.39 Å². The lowest BCUT2D eigenvalue weighted by atomic mass is 9.77. The number of amides is 2. The molecule has 32 heavy (non-hydrogen) atoms. The molecular formula is C24H34FN3O4. The van der Waals surface area contributed by atoms with Gasteiger partial charge in [0.05, 0.1) is 23.8 Å². The molecule has 2 aliphatic heterocycles. The van der Waals surface area contributed by atoms with Crippen molar-refractivity contribution in [2.45, 2.75) is 57.4 Å². The van der Waals surface area contributed by atoms with Gasteiger partial charge >= 0.3 is 0 Å². The molecule has 3 aliphatic rings. The van der Waals surface area contributed by atoms with E-state index in [-0.39, 0.29) is 31.9 Å². The van der Waals surface area contributed by atoms with Gasteiger partial charge in [0.15, 0.2) is 0 Å². The molecule has 2 saturated heterocycles. The number of fused-ring (bicyclic) bond motifs is 1. The molecule has 2 heterocycles. The number of benzene rings is 1. The zero-order valence-corrected chi connectivity index (χ0v) is 19.0. The summed E-state index contributed by atoms with van der Waals surface area (Å²) in [6.45, 7) is 8.52. The van der Waals surface area contributed by atoms with Crippen LogP contribution < -0.4 is 9.64 Å². The van der Waals surface area contributed by atoms with Gasteiger partial charge in [-0.3, -0.25) is 19.4 Å². The van der Waals surface area contributed by atoms with Crippen molar-refractivity contribution < 1.29 is 23.8 Å². The molecular weight excluding hydrogens is 413 g/mol. The lowest BCUT2D eigenvalue weighted by molar-refractivity contribution is -0.142. The first-order valence-electron chi connectivity index (χ1n) is 11.8. The minimum Gasteiger partial charge on any atom is -0.489 e. The van der Waals surface area contributed by atoms with Gasteiger partial charge in [0, 0.05) is 32.7 Å². The van der Waals surface area contributed by atoms with Crippen LogP contribution in [0.15, 0.2) is 24.3 Å². The maximum absolute atomic E-state index is 15.2. The third-order valence-corrected chi connectivity index (χ3v) is 6.86. The van der Waals surface area contributed by atoms with Gasteiger partial charge in [-0.05, 0) is 58.2 Å². The number of alkyl halides is 1. The summed E-state index contributed by atoms with van der Waals surface area (Å²) >= 11 is 0. The summed E-state index contributed by atoms with van der Waals surface area (Å²) < 4.78 is 21.1. The van der Waals surface area contributed by atoms with Gasteiger partial charge in [-0.25, -0.2) is 4.39 Å². The highest BCUT2D eigenvalue weighted by atomic mass is 19.1. The van der Waals surface area contributed by atoms with Crippen molar-refractivity contribution in [1.82, 2.24) is 9.80 Å². The Kier molecular flexibility index (Phi) is 6.72. The van der Waals surface area contributed by atoms with E-state index in [1.54, 1.807) is 0 Å². The molecule has 4 rings (SSSR count). The smallest absolute Gasteiger partial charge is 0.267 e. The fourth-order valence-corrected chi connectivity index (χ4v) is 5.14. The van der Waals surface area contributed by atoms with Gasteiger partial charge in [-0.15, -0.1) is 0 Å². The predicted octanol–water partition coefficient (Wildman–Crippen LogP) is 2.22.